The molecule has 0 aliphatic heterocycles. The van der Waals surface area contributed by atoms with Crippen LogP contribution in [0.2, 0.25) is 0 Å². The molecule has 0 saturated heterocycles. The molecule has 1 aromatic rings. The quantitative estimate of drug-likeness (QED) is 0.771. The summed E-state index contributed by atoms with van der Waals surface area (Å²) >= 11 is 3.07. The molecule has 0 spiro atoms. The lowest BCUT2D eigenvalue weighted by molar-refractivity contribution is -0.137. The van der Waals surface area contributed by atoms with Gasteiger partial charge >= 0.3 is 16.2 Å². The zero-order valence-electron chi connectivity index (χ0n) is 9.37. The van der Waals surface area contributed by atoms with E-state index in [2.05, 4.69) is 30.6 Å². The van der Waals surface area contributed by atoms with Gasteiger partial charge in [0, 0.05) is 13.6 Å². The van der Waals surface area contributed by atoms with E-state index in [-0.39, 0.29) is 18.8 Å². The Morgan fingerprint density at radius 1 is 1.50 bits per heavy atom. The number of nitrogens with one attached hydrogen (secondary N) is 1. The fourth-order valence-electron chi connectivity index (χ4n) is 0.948. The van der Waals surface area contributed by atoms with Gasteiger partial charge in [-0.05, 0) is 15.9 Å². The molecule has 0 atom stereocenters. The monoisotopic (exact) mass is 338 g/mol. The van der Waals surface area contributed by atoms with Gasteiger partial charge < -0.3 is 5.11 Å². The number of hydrogen-bond acceptors (Lipinski definition) is 5. The van der Waals surface area contributed by atoms with Crippen molar-refractivity contribution in [1.82, 2.24) is 14.3 Å². The predicted octanol–water partition coefficient (Wildman–Crippen LogP) is 0.302. The zero-order chi connectivity index (χ0) is 13.8. The minimum Gasteiger partial charge on any atom is -0.481 e. The zero-order valence-corrected chi connectivity index (χ0v) is 11.8. The largest absolute Gasteiger partial charge is 0.481 e. The second kappa shape index (κ2) is 6.07. The highest BCUT2D eigenvalue weighted by Crippen LogP contribution is 2.09. The molecule has 0 amide bonds. The van der Waals surface area contributed by atoms with Gasteiger partial charge in [-0.1, -0.05) is 0 Å². The predicted molar refractivity (Wildman–Crippen MR) is 67.2 cm³/mol. The molecule has 0 aliphatic rings. The smallest absolute Gasteiger partial charge is 0.304 e. The van der Waals surface area contributed by atoms with E-state index >= 15 is 0 Å². The second-order valence-corrected chi connectivity index (χ2v) is 5.89. The van der Waals surface area contributed by atoms with Crippen LogP contribution in [0.1, 0.15) is 6.42 Å². The minimum absolute atomic E-state index is 0.0559. The number of halogens is 1. The standard InChI is InChI=1S/C8H11BrN4O4S/c1-13(3-2-8(14)15)18(16,17)12-7-5-10-6(9)4-11-7/h4-5H,2-3H2,1H3,(H,11,12)(H,14,15). The fraction of sp³-hybridized carbons (Fsp3) is 0.375. The van der Waals surface area contributed by atoms with Crippen molar-refractivity contribution < 1.29 is 18.3 Å². The van der Waals surface area contributed by atoms with Crippen molar-refractivity contribution in [3.63, 3.8) is 0 Å². The Balaban J connectivity index is 2.69. The lowest BCUT2D eigenvalue weighted by atomic mass is 10.4. The van der Waals surface area contributed by atoms with Crippen LogP contribution in [0.25, 0.3) is 0 Å². The normalized spacial score (nSPS) is 11.5. The molecular weight excluding hydrogens is 328 g/mol. The third-order valence-electron chi connectivity index (χ3n) is 1.90. The Morgan fingerprint density at radius 3 is 2.67 bits per heavy atom. The van der Waals surface area contributed by atoms with Gasteiger partial charge in [-0.15, -0.1) is 0 Å². The summed E-state index contributed by atoms with van der Waals surface area (Å²) in [6.45, 7) is -0.130. The molecule has 1 rings (SSSR count). The molecule has 0 radical (unpaired) electrons. The summed E-state index contributed by atoms with van der Waals surface area (Å²) in [5, 5.41) is 8.48. The third-order valence-corrected chi connectivity index (χ3v) is 3.78. The Hall–Kier alpha value is -1.26. The first-order valence-electron chi connectivity index (χ1n) is 4.74. The maximum Gasteiger partial charge on any atom is 0.304 e. The van der Waals surface area contributed by atoms with E-state index in [9.17, 15) is 13.2 Å². The molecule has 10 heteroatoms. The number of carbonyl (C=O) groups is 1. The van der Waals surface area contributed by atoms with Crippen molar-refractivity contribution in [1.29, 1.82) is 0 Å². The van der Waals surface area contributed by atoms with Gasteiger partial charge in [-0.25, -0.2) is 9.97 Å². The van der Waals surface area contributed by atoms with Crippen LogP contribution in [-0.2, 0) is 15.0 Å². The lowest BCUT2D eigenvalue weighted by Gasteiger charge is -2.16. The van der Waals surface area contributed by atoms with E-state index in [4.69, 9.17) is 5.11 Å². The highest BCUT2D eigenvalue weighted by Gasteiger charge is 2.18. The van der Waals surface area contributed by atoms with Crippen molar-refractivity contribution >= 4 is 37.9 Å². The van der Waals surface area contributed by atoms with Crippen molar-refractivity contribution in [2.24, 2.45) is 0 Å². The summed E-state index contributed by atoms with van der Waals surface area (Å²) in [5.41, 5.74) is 0. The number of anilines is 1. The summed E-state index contributed by atoms with van der Waals surface area (Å²) in [4.78, 5) is 18.0. The average molecular weight is 339 g/mol. The molecule has 1 heterocycles. The number of hydrogen-bond donors (Lipinski definition) is 2. The number of nitrogens with zero attached hydrogens (tertiary/aromatic N) is 3. The van der Waals surface area contributed by atoms with Crippen molar-refractivity contribution in [3.8, 4) is 0 Å². The van der Waals surface area contributed by atoms with Crippen LogP contribution in [0.5, 0.6) is 0 Å². The third kappa shape index (κ3) is 4.55. The highest BCUT2D eigenvalue weighted by molar-refractivity contribution is 9.10. The number of aliphatic carboxylic acids is 1. The molecule has 2 N–H and O–H groups in total. The van der Waals surface area contributed by atoms with E-state index in [1.165, 1.54) is 19.4 Å². The van der Waals surface area contributed by atoms with Crippen LogP contribution in [0, 0.1) is 0 Å². The molecule has 0 unspecified atom stereocenters. The molecule has 1 aromatic heterocycles. The fourth-order valence-corrected chi connectivity index (χ4v) is 2.01. The number of aromatic nitrogens is 2. The average Bonchev–Trinajstić information content (AvgIpc) is 2.28. The number of carboxylic acid groups (broad SMARTS) is 1. The first kappa shape index (κ1) is 14.8. The Kier molecular flexibility index (Phi) is 4.99. The van der Waals surface area contributed by atoms with Crippen LogP contribution >= 0.6 is 15.9 Å². The number of rotatable bonds is 6. The van der Waals surface area contributed by atoms with E-state index in [0.717, 1.165) is 4.31 Å². The molecule has 0 saturated carbocycles. The first-order valence-corrected chi connectivity index (χ1v) is 6.98. The highest BCUT2D eigenvalue weighted by atomic mass is 79.9. The molecule has 0 aliphatic carbocycles. The van der Waals surface area contributed by atoms with E-state index in [1.54, 1.807) is 0 Å². The molecule has 18 heavy (non-hydrogen) atoms. The summed E-state index contributed by atoms with van der Waals surface area (Å²) < 4.78 is 27.0. The number of carboxylic acids is 1. The van der Waals surface area contributed by atoms with Gasteiger partial charge in [0.25, 0.3) is 0 Å². The van der Waals surface area contributed by atoms with Crippen LogP contribution in [0.3, 0.4) is 0 Å². The van der Waals surface area contributed by atoms with Gasteiger partial charge in [-0.2, -0.15) is 12.7 Å². The Morgan fingerprint density at radius 2 is 2.17 bits per heavy atom. The SMILES string of the molecule is CN(CCC(=O)O)S(=O)(=O)Nc1cnc(Br)cn1. The Bertz CT molecular complexity index is 518. The molecule has 100 valence electrons. The van der Waals surface area contributed by atoms with Gasteiger partial charge in [0.05, 0.1) is 18.8 Å². The van der Waals surface area contributed by atoms with E-state index < -0.39 is 16.2 Å². The second-order valence-electron chi connectivity index (χ2n) is 3.30. The van der Waals surface area contributed by atoms with Gasteiger partial charge in [0.1, 0.15) is 4.60 Å². The van der Waals surface area contributed by atoms with Crippen LogP contribution in [0.15, 0.2) is 17.0 Å². The molecule has 0 aromatic carbocycles. The van der Waals surface area contributed by atoms with Crippen molar-refractivity contribution in [3.05, 3.63) is 17.0 Å². The maximum atomic E-state index is 11.7. The first-order chi connectivity index (χ1) is 8.31. The van der Waals surface area contributed by atoms with Crippen molar-refractivity contribution in [2.75, 3.05) is 18.3 Å². The van der Waals surface area contributed by atoms with E-state index in [0.29, 0.717) is 4.60 Å². The Labute approximate surface area is 112 Å². The summed E-state index contributed by atoms with van der Waals surface area (Å²) in [6, 6.07) is 0. The molecule has 8 nitrogen and oxygen atoms in total. The van der Waals surface area contributed by atoms with Gasteiger partial charge in [-0.3, -0.25) is 9.52 Å². The van der Waals surface area contributed by atoms with Crippen LogP contribution in [0.4, 0.5) is 5.82 Å². The van der Waals surface area contributed by atoms with Crippen LogP contribution in [-0.4, -0.2) is 47.4 Å². The topological polar surface area (TPSA) is 112 Å². The lowest BCUT2D eigenvalue weighted by Crippen LogP contribution is -2.34. The summed E-state index contributed by atoms with van der Waals surface area (Å²) in [6.07, 6.45) is 2.31. The molecule has 0 bridgehead atoms. The molecule has 0 fully saturated rings. The van der Waals surface area contributed by atoms with Gasteiger partial charge in [0.15, 0.2) is 5.82 Å². The molecular formula is C8H11BrN4O4S. The van der Waals surface area contributed by atoms with E-state index in [1.807, 2.05) is 0 Å². The summed E-state index contributed by atoms with van der Waals surface area (Å²) in [5.74, 6) is -1.01. The maximum absolute atomic E-state index is 11.7. The minimum atomic E-state index is -3.82. The van der Waals surface area contributed by atoms with Crippen molar-refractivity contribution in [2.45, 2.75) is 6.42 Å². The van der Waals surface area contributed by atoms with Crippen LogP contribution < -0.4 is 4.72 Å². The van der Waals surface area contributed by atoms with Gasteiger partial charge in [0.2, 0.25) is 0 Å². The summed E-state index contributed by atoms with van der Waals surface area (Å²) in [7, 11) is -2.54.